The fourth-order valence-electron chi connectivity index (χ4n) is 2.93. The second-order valence-electron chi connectivity index (χ2n) is 8.37. The highest BCUT2D eigenvalue weighted by Crippen LogP contribution is 2.22. The summed E-state index contributed by atoms with van der Waals surface area (Å²) in [6, 6.07) is 0. The first-order valence-electron chi connectivity index (χ1n) is 11.7. The van der Waals surface area contributed by atoms with Crippen LogP contribution in [0, 0.1) is 0 Å². The molecule has 0 aliphatic carbocycles. The van der Waals surface area contributed by atoms with Gasteiger partial charge in [0.25, 0.3) is 0 Å². The van der Waals surface area contributed by atoms with Gasteiger partial charge in [0.2, 0.25) is 29.7 Å². The van der Waals surface area contributed by atoms with Crippen molar-refractivity contribution in [2.24, 2.45) is 0 Å². The Hall–Kier alpha value is -2.98. The van der Waals surface area contributed by atoms with Gasteiger partial charge in [-0.3, -0.25) is 0 Å². The minimum atomic E-state index is 0.0440. The van der Waals surface area contributed by atoms with Crippen LogP contribution >= 0.6 is 0 Å². The molecule has 0 aromatic carbocycles. The van der Waals surface area contributed by atoms with E-state index in [0.29, 0.717) is 36.3 Å². The van der Waals surface area contributed by atoms with E-state index in [1.54, 1.807) is 0 Å². The van der Waals surface area contributed by atoms with Crippen molar-refractivity contribution in [1.29, 1.82) is 0 Å². The maximum atomic E-state index is 4.77. The number of likely N-dealkylation sites (N-methyl/N-ethyl adjacent to an activating group) is 1. The van der Waals surface area contributed by atoms with E-state index in [0.717, 1.165) is 32.0 Å². The van der Waals surface area contributed by atoms with Gasteiger partial charge in [0, 0.05) is 73.9 Å². The van der Waals surface area contributed by atoms with Gasteiger partial charge >= 0.3 is 0 Å². The molecular weight excluding hydrogens is 418 g/mol. The molecule has 184 valence electrons. The third-order valence-electron chi connectivity index (χ3n) is 5.82. The van der Waals surface area contributed by atoms with Gasteiger partial charge in [-0.25, -0.2) is 0 Å². The van der Waals surface area contributed by atoms with E-state index in [4.69, 9.17) is 19.9 Å². The second kappa shape index (κ2) is 11.8. The molecule has 11 heteroatoms. The van der Waals surface area contributed by atoms with E-state index in [2.05, 4.69) is 44.6 Å². The summed E-state index contributed by atoms with van der Waals surface area (Å²) < 4.78 is 0. The average molecular weight is 460 g/mol. The Labute approximate surface area is 198 Å². The van der Waals surface area contributed by atoms with E-state index in [1.165, 1.54) is 0 Å². The van der Waals surface area contributed by atoms with Crippen LogP contribution in [0.15, 0.2) is 0 Å². The Morgan fingerprint density at radius 2 is 0.758 bits per heavy atom. The van der Waals surface area contributed by atoms with Crippen LogP contribution in [0.1, 0.15) is 46.4 Å². The summed E-state index contributed by atoms with van der Waals surface area (Å²) in [5.41, 5.74) is 0. The molecule has 0 aliphatic rings. The van der Waals surface area contributed by atoms with Crippen LogP contribution in [0.5, 0.6) is 0 Å². The van der Waals surface area contributed by atoms with Gasteiger partial charge in [-0.05, 0) is 27.7 Å². The Balaban J connectivity index is 2.37. The van der Waals surface area contributed by atoms with Crippen molar-refractivity contribution in [2.45, 2.75) is 40.5 Å². The van der Waals surface area contributed by atoms with E-state index in [9.17, 15) is 0 Å². The zero-order valence-electron chi connectivity index (χ0n) is 22.0. The largest absolute Gasteiger partial charge is 0.344 e. The molecule has 0 amide bonds. The Bertz CT molecular complexity index is 763. The summed E-state index contributed by atoms with van der Waals surface area (Å²) >= 11 is 0. The lowest BCUT2D eigenvalue weighted by molar-refractivity contribution is 0.660. The summed E-state index contributed by atoms with van der Waals surface area (Å²) in [4.78, 5) is 38.4. The average Bonchev–Trinajstić information content (AvgIpc) is 2.85. The lowest BCUT2D eigenvalue weighted by atomic mass is 10.1. The highest BCUT2D eigenvalue weighted by molar-refractivity contribution is 5.46. The molecule has 0 bridgehead atoms. The maximum Gasteiger partial charge on any atom is 0.231 e. The molecule has 0 saturated carbocycles. The minimum Gasteiger partial charge on any atom is -0.344 e. The van der Waals surface area contributed by atoms with E-state index in [-0.39, 0.29) is 5.92 Å². The second-order valence-corrected chi connectivity index (χ2v) is 8.37. The molecule has 2 aromatic rings. The van der Waals surface area contributed by atoms with Gasteiger partial charge in [0.05, 0.1) is 0 Å². The smallest absolute Gasteiger partial charge is 0.231 e. The molecule has 2 rings (SSSR count). The fourth-order valence-corrected chi connectivity index (χ4v) is 2.93. The van der Waals surface area contributed by atoms with Crippen molar-refractivity contribution >= 4 is 29.7 Å². The normalized spacial score (nSPS) is 11.8. The summed E-state index contributed by atoms with van der Waals surface area (Å²) in [5, 5.41) is 0. The van der Waals surface area contributed by atoms with Gasteiger partial charge in [-0.1, -0.05) is 6.92 Å². The number of nitrogens with zero attached hydrogens (tertiary/aromatic N) is 11. The van der Waals surface area contributed by atoms with Crippen molar-refractivity contribution in [3.05, 3.63) is 5.82 Å². The molecule has 11 nitrogen and oxygen atoms in total. The molecule has 0 radical (unpaired) electrons. The summed E-state index contributed by atoms with van der Waals surface area (Å²) in [6.45, 7) is 14.4. The van der Waals surface area contributed by atoms with Crippen LogP contribution in [0.2, 0.25) is 0 Å². The van der Waals surface area contributed by atoms with Crippen LogP contribution in [0.4, 0.5) is 29.7 Å². The topological polar surface area (TPSA) is 93.5 Å². The zero-order valence-corrected chi connectivity index (χ0v) is 22.0. The van der Waals surface area contributed by atoms with Crippen molar-refractivity contribution in [1.82, 2.24) is 29.9 Å². The molecule has 0 saturated heterocycles. The Morgan fingerprint density at radius 1 is 0.485 bits per heavy atom. The standard InChI is InChI=1S/C22H41N11/c1-11-29(6)18-23-17(24-19(25-18)30(7)12-2)16(5)15-33(10)22-27-20(31(8)13-3)26-21(28-22)32(9)14-4/h16H,11-15H2,1-10H3. The zero-order chi connectivity index (χ0) is 24.7. The number of anilines is 5. The molecule has 2 heterocycles. The van der Waals surface area contributed by atoms with Gasteiger partial charge in [0.15, 0.2) is 0 Å². The van der Waals surface area contributed by atoms with Gasteiger partial charge < -0.3 is 24.5 Å². The Kier molecular flexibility index (Phi) is 9.36. The van der Waals surface area contributed by atoms with Crippen LogP contribution in [0.25, 0.3) is 0 Å². The first kappa shape index (κ1) is 26.3. The highest BCUT2D eigenvalue weighted by atomic mass is 15.4. The molecule has 0 fully saturated rings. The van der Waals surface area contributed by atoms with Gasteiger partial charge in [0.1, 0.15) is 5.82 Å². The fraction of sp³-hybridized carbons (Fsp3) is 0.727. The predicted octanol–water partition coefficient (Wildman–Crippen LogP) is 2.12. The third-order valence-corrected chi connectivity index (χ3v) is 5.82. The molecule has 0 aliphatic heterocycles. The molecule has 1 atom stereocenters. The Morgan fingerprint density at radius 3 is 1.06 bits per heavy atom. The first-order valence-corrected chi connectivity index (χ1v) is 11.7. The molecular formula is C22H41N11. The van der Waals surface area contributed by atoms with E-state index >= 15 is 0 Å². The molecule has 2 aromatic heterocycles. The van der Waals surface area contributed by atoms with E-state index < -0.39 is 0 Å². The van der Waals surface area contributed by atoms with Crippen LogP contribution in [0.3, 0.4) is 0 Å². The molecule has 0 spiro atoms. The molecule has 0 N–H and O–H groups in total. The van der Waals surface area contributed by atoms with Crippen molar-refractivity contribution in [3.8, 4) is 0 Å². The quantitative estimate of drug-likeness (QED) is 0.467. The molecule has 33 heavy (non-hydrogen) atoms. The summed E-state index contributed by atoms with van der Waals surface area (Å²) in [7, 11) is 9.96. The van der Waals surface area contributed by atoms with Crippen LogP contribution in [-0.4, -0.2) is 97.9 Å². The number of hydrogen-bond donors (Lipinski definition) is 0. The number of aromatic nitrogens is 6. The third kappa shape index (κ3) is 6.52. The molecule has 1 unspecified atom stereocenters. The van der Waals surface area contributed by atoms with Crippen LogP contribution < -0.4 is 24.5 Å². The summed E-state index contributed by atoms with van der Waals surface area (Å²) in [5.74, 6) is 4.13. The van der Waals surface area contributed by atoms with Crippen molar-refractivity contribution in [3.63, 3.8) is 0 Å². The van der Waals surface area contributed by atoms with Crippen LogP contribution in [-0.2, 0) is 0 Å². The predicted molar refractivity (Wildman–Crippen MR) is 137 cm³/mol. The van der Waals surface area contributed by atoms with Crippen molar-refractivity contribution in [2.75, 3.05) is 92.5 Å². The SMILES string of the molecule is CCN(C)c1nc(C(C)CN(C)c2nc(N(C)CC)nc(N(C)CC)n2)nc(N(C)CC)n1. The van der Waals surface area contributed by atoms with Gasteiger partial charge in [-0.2, -0.15) is 29.9 Å². The lowest BCUT2D eigenvalue weighted by Crippen LogP contribution is -2.30. The van der Waals surface area contributed by atoms with Gasteiger partial charge in [-0.15, -0.1) is 0 Å². The maximum absolute atomic E-state index is 4.77. The monoisotopic (exact) mass is 459 g/mol. The van der Waals surface area contributed by atoms with E-state index in [1.807, 2.05) is 59.7 Å². The lowest BCUT2D eigenvalue weighted by Gasteiger charge is -2.26. The number of hydrogen-bond acceptors (Lipinski definition) is 11. The highest BCUT2D eigenvalue weighted by Gasteiger charge is 2.20. The summed E-state index contributed by atoms with van der Waals surface area (Å²) in [6.07, 6.45) is 0. The van der Waals surface area contributed by atoms with Crippen molar-refractivity contribution < 1.29 is 0 Å². The minimum absolute atomic E-state index is 0.0440. The number of rotatable bonds is 12. The first-order chi connectivity index (χ1) is 15.6.